The van der Waals surface area contributed by atoms with E-state index in [9.17, 15) is 4.79 Å². The van der Waals surface area contributed by atoms with E-state index < -0.39 is 0 Å². The number of nitrogens with zero attached hydrogens (tertiary/aromatic N) is 3. The second kappa shape index (κ2) is 6.99. The minimum absolute atomic E-state index is 0.135. The minimum Gasteiger partial charge on any atom is -0.344 e. The Morgan fingerprint density at radius 2 is 2.29 bits per heavy atom. The van der Waals surface area contributed by atoms with E-state index in [0.717, 1.165) is 24.4 Å². The summed E-state index contributed by atoms with van der Waals surface area (Å²) in [6.45, 7) is 5.14. The molecule has 0 saturated carbocycles. The van der Waals surface area contributed by atoms with Crippen LogP contribution in [0.2, 0.25) is 0 Å². The van der Waals surface area contributed by atoms with E-state index in [1.165, 1.54) is 0 Å². The fourth-order valence-electron chi connectivity index (χ4n) is 2.12. The average Bonchev–Trinajstić information content (AvgIpc) is 2.87. The summed E-state index contributed by atoms with van der Waals surface area (Å²) in [4.78, 5) is 16.6. The number of amides is 1. The molecule has 3 N–H and O–H groups in total. The van der Waals surface area contributed by atoms with Gasteiger partial charge in [0.1, 0.15) is 0 Å². The zero-order valence-corrected chi connectivity index (χ0v) is 12.4. The van der Waals surface area contributed by atoms with Crippen molar-refractivity contribution in [3.8, 4) is 0 Å². The molecule has 0 aliphatic carbocycles. The highest BCUT2D eigenvalue weighted by Crippen LogP contribution is 2.12. The van der Waals surface area contributed by atoms with Gasteiger partial charge in [0.05, 0.1) is 23.5 Å². The Morgan fingerprint density at radius 3 is 2.95 bits per heavy atom. The maximum atomic E-state index is 12.3. The summed E-state index contributed by atoms with van der Waals surface area (Å²) < 4.78 is 1.81. The molecule has 0 aromatic carbocycles. The summed E-state index contributed by atoms with van der Waals surface area (Å²) in [6.07, 6.45) is 4.16. The molecule has 6 nitrogen and oxygen atoms in total. The van der Waals surface area contributed by atoms with Crippen LogP contribution in [0.4, 0.5) is 0 Å². The lowest BCUT2D eigenvalue weighted by Gasteiger charge is -2.13. The summed E-state index contributed by atoms with van der Waals surface area (Å²) in [5, 5.41) is 7.18. The SMILES string of the molecule is Cc1c(C(=O)NC(C)c2ccccn2)cnn1CCCN. The van der Waals surface area contributed by atoms with E-state index in [1.807, 2.05) is 36.7 Å². The molecule has 0 fully saturated rings. The van der Waals surface area contributed by atoms with Crippen molar-refractivity contribution in [2.45, 2.75) is 32.9 Å². The number of rotatable bonds is 6. The molecule has 0 aliphatic rings. The summed E-state index contributed by atoms with van der Waals surface area (Å²) in [5.74, 6) is -0.135. The zero-order chi connectivity index (χ0) is 15.2. The fraction of sp³-hybridized carbons (Fsp3) is 0.400. The van der Waals surface area contributed by atoms with Gasteiger partial charge < -0.3 is 11.1 Å². The first kappa shape index (κ1) is 15.2. The molecule has 2 aromatic rings. The number of pyridine rings is 1. The molecule has 2 rings (SSSR count). The normalized spacial score (nSPS) is 12.1. The average molecular weight is 287 g/mol. The van der Waals surface area contributed by atoms with Crippen LogP contribution in [-0.4, -0.2) is 27.2 Å². The number of carbonyl (C=O) groups is 1. The van der Waals surface area contributed by atoms with Crippen LogP contribution in [0, 0.1) is 6.92 Å². The van der Waals surface area contributed by atoms with E-state index in [2.05, 4.69) is 15.4 Å². The molecular formula is C15H21N5O. The summed E-state index contributed by atoms with van der Waals surface area (Å²) in [7, 11) is 0. The maximum Gasteiger partial charge on any atom is 0.255 e. The largest absolute Gasteiger partial charge is 0.344 e. The van der Waals surface area contributed by atoms with Gasteiger partial charge in [0.2, 0.25) is 0 Å². The van der Waals surface area contributed by atoms with Crippen molar-refractivity contribution in [2.75, 3.05) is 6.54 Å². The van der Waals surface area contributed by atoms with Crippen LogP contribution >= 0.6 is 0 Å². The molecule has 0 spiro atoms. The first-order chi connectivity index (χ1) is 10.1. The second-order valence-electron chi connectivity index (χ2n) is 4.96. The molecule has 112 valence electrons. The second-order valence-corrected chi connectivity index (χ2v) is 4.96. The van der Waals surface area contributed by atoms with Crippen molar-refractivity contribution in [3.63, 3.8) is 0 Å². The van der Waals surface area contributed by atoms with Gasteiger partial charge in [0.15, 0.2) is 0 Å². The third-order valence-corrected chi connectivity index (χ3v) is 3.40. The fourth-order valence-corrected chi connectivity index (χ4v) is 2.12. The Hall–Kier alpha value is -2.21. The lowest BCUT2D eigenvalue weighted by atomic mass is 10.2. The van der Waals surface area contributed by atoms with Gasteiger partial charge >= 0.3 is 0 Å². The van der Waals surface area contributed by atoms with E-state index in [-0.39, 0.29) is 11.9 Å². The van der Waals surface area contributed by atoms with Gasteiger partial charge in [-0.1, -0.05) is 6.07 Å². The highest BCUT2D eigenvalue weighted by molar-refractivity contribution is 5.95. The first-order valence-electron chi connectivity index (χ1n) is 7.07. The van der Waals surface area contributed by atoms with Crippen LogP contribution in [0.1, 0.15) is 41.1 Å². The standard InChI is InChI=1S/C15H21N5O/c1-11(14-6-3-4-8-17-14)19-15(21)13-10-18-20(12(13)2)9-5-7-16/h3-4,6,8,10-11H,5,7,9,16H2,1-2H3,(H,19,21). The van der Waals surface area contributed by atoms with Gasteiger partial charge in [-0.2, -0.15) is 5.10 Å². The molecule has 21 heavy (non-hydrogen) atoms. The Bertz CT molecular complexity index is 593. The van der Waals surface area contributed by atoms with Gasteiger partial charge in [-0.3, -0.25) is 14.5 Å². The molecule has 0 aliphatic heterocycles. The first-order valence-corrected chi connectivity index (χ1v) is 7.07. The number of nitrogens with two attached hydrogens (primary N) is 1. The lowest BCUT2D eigenvalue weighted by molar-refractivity contribution is 0.0938. The molecule has 0 radical (unpaired) electrons. The predicted octanol–water partition coefficient (Wildman–Crippen LogP) is 1.43. The number of carbonyl (C=O) groups excluding carboxylic acids is 1. The maximum absolute atomic E-state index is 12.3. The molecule has 6 heteroatoms. The van der Waals surface area contributed by atoms with E-state index in [0.29, 0.717) is 12.1 Å². The van der Waals surface area contributed by atoms with Crippen molar-refractivity contribution in [1.29, 1.82) is 0 Å². The Kier molecular flexibility index (Phi) is 5.05. The van der Waals surface area contributed by atoms with Gasteiger partial charge in [-0.05, 0) is 38.9 Å². The van der Waals surface area contributed by atoms with E-state index >= 15 is 0 Å². The van der Waals surface area contributed by atoms with Gasteiger partial charge in [-0.25, -0.2) is 0 Å². The van der Waals surface area contributed by atoms with E-state index in [4.69, 9.17) is 5.73 Å². The number of aromatic nitrogens is 3. The highest BCUT2D eigenvalue weighted by Gasteiger charge is 2.17. The minimum atomic E-state index is -0.148. The van der Waals surface area contributed by atoms with Crippen LogP contribution in [-0.2, 0) is 6.54 Å². The molecule has 0 saturated heterocycles. The molecule has 2 heterocycles. The quantitative estimate of drug-likeness (QED) is 0.841. The molecule has 0 bridgehead atoms. The van der Waals surface area contributed by atoms with Crippen LogP contribution in [0.25, 0.3) is 0 Å². The number of hydrogen-bond acceptors (Lipinski definition) is 4. The van der Waals surface area contributed by atoms with Gasteiger partial charge in [0, 0.05) is 18.4 Å². The monoisotopic (exact) mass is 287 g/mol. The highest BCUT2D eigenvalue weighted by atomic mass is 16.1. The summed E-state index contributed by atoms with van der Waals surface area (Å²) in [6, 6.07) is 5.50. The summed E-state index contributed by atoms with van der Waals surface area (Å²) in [5.41, 5.74) is 7.78. The van der Waals surface area contributed by atoms with Crippen molar-refractivity contribution in [2.24, 2.45) is 5.73 Å². The Balaban J connectivity index is 2.05. The van der Waals surface area contributed by atoms with Crippen molar-refractivity contribution >= 4 is 5.91 Å². The number of hydrogen-bond donors (Lipinski definition) is 2. The number of nitrogens with one attached hydrogen (secondary N) is 1. The molecule has 2 aromatic heterocycles. The van der Waals surface area contributed by atoms with Crippen LogP contribution < -0.4 is 11.1 Å². The van der Waals surface area contributed by atoms with Crippen molar-refractivity contribution < 1.29 is 4.79 Å². The summed E-state index contributed by atoms with van der Waals surface area (Å²) >= 11 is 0. The zero-order valence-electron chi connectivity index (χ0n) is 12.4. The topological polar surface area (TPSA) is 85.8 Å². The van der Waals surface area contributed by atoms with Crippen molar-refractivity contribution in [1.82, 2.24) is 20.1 Å². The van der Waals surface area contributed by atoms with Crippen molar-refractivity contribution in [3.05, 3.63) is 47.5 Å². The van der Waals surface area contributed by atoms with E-state index in [1.54, 1.807) is 12.4 Å². The third-order valence-electron chi connectivity index (χ3n) is 3.40. The van der Waals surface area contributed by atoms with Gasteiger partial charge in [0.25, 0.3) is 5.91 Å². The lowest BCUT2D eigenvalue weighted by Crippen LogP contribution is -2.27. The predicted molar refractivity (Wildman–Crippen MR) is 80.8 cm³/mol. The molecule has 1 atom stereocenters. The smallest absolute Gasteiger partial charge is 0.255 e. The Morgan fingerprint density at radius 1 is 1.48 bits per heavy atom. The molecule has 1 unspecified atom stereocenters. The third kappa shape index (κ3) is 3.66. The van der Waals surface area contributed by atoms with Gasteiger partial charge in [-0.15, -0.1) is 0 Å². The van der Waals surface area contributed by atoms with Crippen LogP contribution in [0.15, 0.2) is 30.6 Å². The molecule has 1 amide bonds. The van der Waals surface area contributed by atoms with Crippen LogP contribution in [0.3, 0.4) is 0 Å². The van der Waals surface area contributed by atoms with Crippen LogP contribution in [0.5, 0.6) is 0 Å². The molecular weight excluding hydrogens is 266 g/mol. The number of aryl methyl sites for hydroxylation is 1. The Labute approximate surface area is 124 Å².